The Morgan fingerprint density at radius 2 is 2.29 bits per heavy atom. The van der Waals surface area contributed by atoms with E-state index in [2.05, 4.69) is 0 Å². The van der Waals surface area contributed by atoms with E-state index >= 15 is 0 Å². The van der Waals surface area contributed by atoms with Gasteiger partial charge >= 0.3 is 5.97 Å². The smallest absolute Gasteiger partial charge is 0.307 e. The molecule has 2 aliphatic heterocycles. The van der Waals surface area contributed by atoms with Crippen molar-refractivity contribution in [1.29, 1.82) is 0 Å². The number of rotatable bonds is 5. The maximum Gasteiger partial charge on any atom is 0.307 e. The topological polar surface area (TPSA) is 76.2 Å². The van der Waals surface area contributed by atoms with Crippen LogP contribution in [0.1, 0.15) is 26.2 Å². The van der Waals surface area contributed by atoms with E-state index in [9.17, 15) is 18.8 Å². The van der Waals surface area contributed by atoms with Crippen molar-refractivity contribution in [2.75, 3.05) is 19.9 Å². The van der Waals surface area contributed by atoms with Gasteiger partial charge in [0, 0.05) is 13.0 Å². The van der Waals surface area contributed by atoms with Crippen LogP contribution in [0.4, 0.5) is 4.39 Å². The van der Waals surface area contributed by atoms with Crippen LogP contribution in [0.25, 0.3) is 0 Å². The first-order valence-electron chi connectivity index (χ1n) is 6.82. The highest BCUT2D eigenvalue weighted by molar-refractivity contribution is 6.08. The van der Waals surface area contributed by atoms with Crippen molar-refractivity contribution in [2.24, 2.45) is 0 Å². The number of amides is 2. The molecular formula is C13H17FN2O5. The second-order valence-electron chi connectivity index (χ2n) is 4.75. The first-order valence-corrected chi connectivity index (χ1v) is 6.82. The third kappa shape index (κ3) is 3.45. The molecule has 0 spiro atoms. The highest BCUT2D eigenvalue weighted by Crippen LogP contribution is 2.21. The zero-order valence-corrected chi connectivity index (χ0v) is 11.7. The Labute approximate surface area is 121 Å². The zero-order chi connectivity index (χ0) is 15.4. The Morgan fingerprint density at radius 3 is 2.90 bits per heavy atom. The molecule has 21 heavy (non-hydrogen) atoms. The summed E-state index contributed by atoms with van der Waals surface area (Å²) in [5.74, 6) is -3.35. The largest absolute Gasteiger partial charge is 0.444 e. The fourth-order valence-electron chi connectivity index (χ4n) is 2.10. The van der Waals surface area contributed by atoms with E-state index in [0.29, 0.717) is 24.5 Å². The summed E-state index contributed by atoms with van der Waals surface area (Å²) < 4.78 is 18.5. The summed E-state index contributed by atoms with van der Waals surface area (Å²) in [5.41, 5.74) is 0. The van der Waals surface area contributed by atoms with E-state index in [0.717, 1.165) is 12.5 Å². The molecule has 0 bridgehead atoms. The number of nitrogens with zero attached hydrogens (tertiary/aromatic N) is 2. The van der Waals surface area contributed by atoms with Gasteiger partial charge in [-0.15, -0.1) is 0 Å². The Hall–Kier alpha value is -1.80. The summed E-state index contributed by atoms with van der Waals surface area (Å²) in [7, 11) is 0. The molecule has 1 fully saturated rings. The van der Waals surface area contributed by atoms with Crippen LogP contribution in [0.15, 0.2) is 11.9 Å². The molecule has 2 heterocycles. The lowest BCUT2D eigenvalue weighted by Crippen LogP contribution is -2.53. The van der Waals surface area contributed by atoms with Gasteiger partial charge in [-0.2, -0.15) is 5.06 Å². The van der Waals surface area contributed by atoms with Crippen molar-refractivity contribution in [3.63, 3.8) is 0 Å². The Balaban J connectivity index is 2.06. The highest BCUT2D eigenvalue weighted by Gasteiger charge is 2.40. The number of esters is 1. The number of imide groups is 1. The van der Waals surface area contributed by atoms with E-state index < -0.39 is 36.4 Å². The predicted molar refractivity (Wildman–Crippen MR) is 68.0 cm³/mol. The van der Waals surface area contributed by atoms with E-state index in [4.69, 9.17) is 9.57 Å². The molecule has 0 N–H and O–H groups in total. The van der Waals surface area contributed by atoms with Gasteiger partial charge in [-0.3, -0.25) is 19.2 Å². The minimum Gasteiger partial charge on any atom is -0.444 e. The van der Waals surface area contributed by atoms with Crippen molar-refractivity contribution in [2.45, 2.75) is 32.2 Å². The van der Waals surface area contributed by atoms with Crippen LogP contribution in [0.3, 0.4) is 0 Å². The van der Waals surface area contributed by atoms with Crippen LogP contribution in [0.5, 0.6) is 0 Å². The van der Waals surface area contributed by atoms with Crippen molar-refractivity contribution in [3.05, 3.63) is 11.9 Å². The summed E-state index contributed by atoms with van der Waals surface area (Å²) in [6, 6.07) is -1.00. The van der Waals surface area contributed by atoms with Crippen LogP contribution in [-0.2, 0) is 24.0 Å². The number of hydrogen-bond donors (Lipinski definition) is 0. The van der Waals surface area contributed by atoms with E-state index in [1.807, 2.05) is 0 Å². The average molecular weight is 300 g/mol. The quantitative estimate of drug-likeness (QED) is 0.544. The monoisotopic (exact) mass is 300 g/mol. The molecule has 2 amide bonds. The second kappa shape index (κ2) is 6.77. The molecule has 0 aromatic rings. The minimum absolute atomic E-state index is 0.174. The molecule has 7 nitrogen and oxygen atoms in total. The average Bonchev–Trinajstić information content (AvgIpc) is 2.97. The lowest BCUT2D eigenvalue weighted by atomic mass is 10.1. The van der Waals surface area contributed by atoms with Gasteiger partial charge in [0.1, 0.15) is 6.04 Å². The zero-order valence-electron chi connectivity index (χ0n) is 11.7. The van der Waals surface area contributed by atoms with Gasteiger partial charge in [0.15, 0.2) is 12.6 Å². The van der Waals surface area contributed by atoms with Gasteiger partial charge in [-0.05, 0) is 18.9 Å². The molecule has 2 aliphatic rings. The van der Waals surface area contributed by atoms with Gasteiger partial charge in [-0.1, -0.05) is 6.92 Å². The summed E-state index contributed by atoms with van der Waals surface area (Å²) in [6.45, 7) is 2.13. The third-order valence-corrected chi connectivity index (χ3v) is 3.17. The molecule has 8 heteroatoms. The first-order chi connectivity index (χ1) is 10.0. The summed E-state index contributed by atoms with van der Waals surface area (Å²) in [6.07, 6.45) is 2.41. The van der Waals surface area contributed by atoms with Crippen LogP contribution in [0, 0.1) is 0 Å². The molecule has 0 radical (unpaired) electrons. The van der Waals surface area contributed by atoms with E-state index in [1.165, 1.54) is 5.06 Å². The molecule has 0 aliphatic carbocycles. The molecular weight excluding hydrogens is 283 g/mol. The molecule has 0 aromatic heterocycles. The molecule has 0 aromatic carbocycles. The maximum absolute atomic E-state index is 13.7. The van der Waals surface area contributed by atoms with Crippen molar-refractivity contribution >= 4 is 17.8 Å². The number of halogens is 1. The summed E-state index contributed by atoms with van der Waals surface area (Å²) >= 11 is 0. The predicted octanol–water partition coefficient (Wildman–Crippen LogP) is 0.515. The van der Waals surface area contributed by atoms with Gasteiger partial charge in [0.05, 0.1) is 6.61 Å². The highest BCUT2D eigenvalue weighted by atomic mass is 19.1. The van der Waals surface area contributed by atoms with Crippen LogP contribution >= 0.6 is 0 Å². The SMILES string of the molecule is CCCC(=O)OCN1C(=O)C(F)=CC(N2CCCO2)C1=O. The number of hydrogen-bond acceptors (Lipinski definition) is 6. The molecule has 2 rings (SSSR count). The molecule has 1 saturated heterocycles. The van der Waals surface area contributed by atoms with Crippen LogP contribution in [0.2, 0.25) is 0 Å². The second-order valence-corrected chi connectivity index (χ2v) is 4.75. The summed E-state index contributed by atoms with van der Waals surface area (Å²) in [4.78, 5) is 41.0. The molecule has 0 saturated carbocycles. The first kappa shape index (κ1) is 15.6. The molecule has 1 atom stereocenters. The lowest BCUT2D eigenvalue weighted by molar-refractivity contribution is -0.174. The van der Waals surface area contributed by atoms with Crippen LogP contribution in [-0.4, -0.2) is 53.7 Å². The fraction of sp³-hybridized carbons (Fsp3) is 0.615. The number of ether oxygens (including phenoxy) is 1. The van der Waals surface area contributed by atoms with E-state index in [1.54, 1.807) is 6.92 Å². The standard InChI is InChI=1S/C13H17FN2O5/c1-2-4-11(17)20-8-15-12(18)9(14)7-10(13(15)19)16-5-3-6-21-16/h7,10H,2-6,8H2,1H3. The Bertz CT molecular complexity index is 473. The third-order valence-electron chi connectivity index (χ3n) is 3.17. The minimum atomic E-state index is -1.10. The van der Waals surface area contributed by atoms with Crippen molar-refractivity contribution < 1.29 is 28.3 Å². The van der Waals surface area contributed by atoms with Crippen LogP contribution < -0.4 is 0 Å². The van der Waals surface area contributed by atoms with Gasteiger partial charge < -0.3 is 4.74 Å². The summed E-state index contributed by atoms with van der Waals surface area (Å²) in [5, 5.41) is 1.33. The maximum atomic E-state index is 13.7. The molecule has 1 unspecified atom stereocenters. The van der Waals surface area contributed by atoms with Crippen molar-refractivity contribution in [1.82, 2.24) is 9.96 Å². The van der Waals surface area contributed by atoms with E-state index in [-0.39, 0.29) is 6.42 Å². The number of carbonyl (C=O) groups excluding carboxylic acids is 3. The van der Waals surface area contributed by atoms with Gasteiger partial charge in [0.25, 0.3) is 11.8 Å². The van der Waals surface area contributed by atoms with Gasteiger partial charge in [0.2, 0.25) is 0 Å². The van der Waals surface area contributed by atoms with Crippen molar-refractivity contribution in [3.8, 4) is 0 Å². The van der Waals surface area contributed by atoms with Gasteiger partial charge in [-0.25, -0.2) is 9.29 Å². The number of hydroxylamine groups is 2. The Morgan fingerprint density at radius 1 is 1.52 bits per heavy atom. The fourth-order valence-corrected chi connectivity index (χ4v) is 2.10. The molecule has 116 valence electrons. The normalized spacial score (nSPS) is 23.4. The lowest BCUT2D eigenvalue weighted by Gasteiger charge is -2.31. The Kier molecular flexibility index (Phi) is 5.03. The number of carbonyl (C=O) groups is 3.